The van der Waals surface area contributed by atoms with Crippen LogP contribution in [-0.4, -0.2) is 59.3 Å². The normalized spacial score (nSPS) is 10.4. The summed E-state index contributed by atoms with van der Waals surface area (Å²) in [7, 11) is 4.15. The van der Waals surface area contributed by atoms with Crippen molar-refractivity contribution in [2.75, 3.05) is 21.3 Å². The molecule has 23 heteroatoms. The number of halogens is 1. The predicted octanol–water partition coefficient (Wildman–Crippen LogP) is 6.70. The monoisotopic (exact) mass is 833 g/mol. The molecular formula is C35H56ClN15O7. The van der Waals surface area contributed by atoms with Crippen molar-refractivity contribution in [2.24, 2.45) is 45.0 Å². The van der Waals surface area contributed by atoms with Crippen LogP contribution in [0.2, 0.25) is 0 Å². The smallest absolute Gasteiger partial charge is 0.308 e. The molecule has 3 heterocycles. The Hall–Kier alpha value is -6.65. The highest BCUT2D eigenvalue weighted by atomic mass is 35.5. The van der Waals surface area contributed by atoms with Crippen LogP contribution in [-0.2, 0) is 66.9 Å². The Morgan fingerprint density at radius 2 is 1.05 bits per heavy atom. The van der Waals surface area contributed by atoms with Crippen LogP contribution in [0.3, 0.4) is 0 Å². The second-order valence-corrected chi connectivity index (χ2v) is 11.1. The molecule has 3 aromatic heterocycles. The molecule has 6 N–H and O–H groups in total. The molecule has 0 spiro atoms. The molecule has 0 fully saturated rings. The minimum Gasteiger partial charge on any atom is -0.469 e. The van der Waals surface area contributed by atoms with Gasteiger partial charge in [0.05, 0.1) is 69.5 Å². The van der Waals surface area contributed by atoms with Crippen LogP contribution < -0.4 is 11.7 Å². The lowest BCUT2D eigenvalue weighted by atomic mass is 10.0. The van der Waals surface area contributed by atoms with Gasteiger partial charge in [-0.05, 0) is 70.1 Å². The number of aromatic nitrogens is 3. The lowest BCUT2D eigenvalue weighted by Crippen LogP contribution is -2.15. The van der Waals surface area contributed by atoms with Crippen LogP contribution in [0.4, 0.5) is 0 Å². The first kappa shape index (κ1) is 60.6. The van der Waals surface area contributed by atoms with E-state index in [1.165, 1.54) is 21.3 Å². The Balaban J connectivity index is -0.000000216. The lowest BCUT2D eigenvalue weighted by molar-refractivity contribution is -0.145. The van der Waals surface area contributed by atoms with Crippen LogP contribution >= 0.6 is 11.6 Å². The zero-order valence-electron chi connectivity index (χ0n) is 32.0. The van der Waals surface area contributed by atoms with Crippen molar-refractivity contribution in [3.63, 3.8) is 0 Å². The number of aliphatic hydroxyl groups excluding tert-OH is 1. The second-order valence-electron chi connectivity index (χ2n) is 10.9. The van der Waals surface area contributed by atoms with Gasteiger partial charge in [-0.25, -0.2) is 0 Å². The van der Waals surface area contributed by atoms with E-state index < -0.39 is 0 Å². The van der Waals surface area contributed by atoms with Crippen molar-refractivity contribution in [3.05, 3.63) is 110 Å². The van der Waals surface area contributed by atoms with Crippen molar-refractivity contribution in [2.45, 2.75) is 73.9 Å². The number of rotatable bonds is 13. The molecule has 0 aliphatic carbocycles. The highest BCUT2D eigenvalue weighted by Crippen LogP contribution is 2.12. The number of hydrogen-bond donors (Lipinski definition) is 4. The average Bonchev–Trinajstić information content (AvgIpc) is 3.24. The first-order valence-electron chi connectivity index (χ1n) is 16.1. The molecule has 0 unspecified atom stereocenters. The number of ether oxygens (including phenoxy) is 3. The van der Waals surface area contributed by atoms with E-state index in [-0.39, 0.29) is 63.7 Å². The molecule has 22 nitrogen and oxygen atoms in total. The summed E-state index contributed by atoms with van der Waals surface area (Å²) in [5.41, 5.74) is 25.5. The Morgan fingerprint density at radius 1 is 0.741 bits per heavy atom. The molecule has 0 bridgehead atoms. The number of nitrogens with one attached hydrogen (secondary N) is 1. The first-order chi connectivity index (χ1) is 26.8. The van der Waals surface area contributed by atoms with Crippen LogP contribution in [0.1, 0.15) is 69.4 Å². The summed E-state index contributed by atoms with van der Waals surface area (Å²) >= 11 is 5.62. The Bertz CT molecular complexity index is 1580. The molecule has 0 saturated carbocycles. The number of nitrogens with two attached hydrogens (primary N) is 2. The maximum absolute atomic E-state index is 11.2. The fraction of sp³-hybridized carbons (Fsp3) is 0.486. The molecular weight excluding hydrogens is 778 g/mol. The third kappa shape index (κ3) is 29.7. The third-order valence-electron chi connectivity index (χ3n) is 6.76. The van der Waals surface area contributed by atoms with Crippen LogP contribution in [0, 0.1) is 34.1 Å². The topological polar surface area (TPSA) is 371 Å². The summed E-state index contributed by atoms with van der Waals surface area (Å²) in [6.07, 6.45) is 6.93. The van der Waals surface area contributed by atoms with Crippen LogP contribution in [0.25, 0.3) is 20.9 Å². The molecule has 3 rings (SSSR count). The van der Waals surface area contributed by atoms with E-state index in [0.29, 0.717) is 36.5 Å². The number of nitrogens with zero attached hydrogens (tertiary/aromatic N) is 12. The Labute approximate surface area is 343 Å². The summed E-state index contributed by atoms with van der Waals surface area (Å²) < 4.78 is 13.9. The average molecular weight is 834 g/mol. The zero-order valence-corrected chi connectivity index (χ0v) is 32.7. The minimum atomic E-state index is -0.233. The van der Waals surface area contributed by atoms with Gasteiger partial charge >= 0.3 is 17.9 Å². The first-order valence-corrected chi connectivity index (χ1v) is 16.6. The van der Waals surface area contributed by atoms with Crippen molar-refractivity contribution in [1.29, 1.82) is 16.3 Å². The number of carbonyl (C=O) groups is 3. The molecule has 0 aromatic carbocycles. The Kier molecular flexibility index (Phi) is 41.8. The van der Waals surface area contributed by atoms with Crippen molar-refractivity contribution < 1.29 is 33.7 Å². The van der Waals surface area contributed by atoms with Gasteiger partial charge in [0.1, 0.15) is 0 Å². The van der Waals surface area contributed by atoms with E-state index in [9.17, 15) is 14.4 Å². The maximum Gasteiger partial charge on any atom is 0.308 e. The summed E-state index contributed by atoms with van der Waals surface area (Å²) in [4.78, 5) is 50.3. The SMILES string of the molecule is C.C.COC(=O)[C@@H](C)Cc1ccc(CCl)nc1.COC(=O)[C@@H](C)Cc1ccc(CN=[N+]=[N-])nc1.COC(=O)[C@@H](C)Cc1ccc(CO)nc1.N#N.N/N=N/N.[N-]=[N+]=N. The van der Waals surface area contributed by atoms with E-state index in [0.717, 1.165) is 22.4 Å². The maximum atomic E-state index is 11.2. The van der Waals surface area contributed by atoms with E-state index in [1.807, 2.05) is 38.1 Å². The van der Waals surface area contributed by atoms with Gasteiger partial charge in [0.15, 0.2) is 0 Å². The van der Waals surface area contributed by atoms with E-state index in [2.05, 4.69) is 61.3 Å². The molecule has 0 radical (unpaired) electrons. The molecule has 320 valence electrons. The second kappa shape index (κ2) is 40.0. The number of pyridine rings is 3. The summed E-state index contributed by atoms with van der Waals surface area (Å²) in [6, 6.07) is 11.1. The van der Waals surface area contributed by atoms with E-state index in [1.54, 1.807) is 42.6 Å². The minimum absolute atomic E-state index is 0. The number of esters is 3. The molecule has 0 saturated heterocycles. The molecule has 0 amide bonds. The summed E-state index contributed by atoms with van der Waals surface area (Å²) in [5.74, 6) is 7.98. The van der Waals surface area contributed by atoms with Crippen LogP contribution in [0.5, 0.6) is 0 Å². The van der Waals surface area contributed by atoms with Crippen molar-refractivity contribution >= 4 is 29.5 Å². The number of carbonyl (C=O) groups excluding carboxylic acids is 3. The number of aliphatic hydroxyl groups is 1. The number of methoxy groups -OCH3 is 3. The summed E-state index contributed by atoms with van der Waals surface area (Å²) in [6.45, 7) is 5.63. The lowest BCUT2D eigenvalue weighted by Gasteiger charge is -2.08. The van der Waals surface area contributed by atoms with Crippen LogP contribution in [0.15, 0.2) is 70.5 Å². The quantitative estimate of drug-likeness (QED) is 0.0160. The van der Waals surface area contributed by atoms with Gasteiger partial charge in [0, 0.05) is 40.0 Å². The van der Waals surface area contributed by atoms with Gasteiger partial charge in [0.25, 0.3) is 0 Å². The fourth-order valence-electron chi connectivity index (χ4n) is 4.01. The molecule has 3 aromatic rings. The highest BCUT2D eigenvalue weighted by molar-refractivity contribution is 6.16. The van der Waals surface area contributed by atoms with E-state index in [4.69, 9.17) is 44.1 Å². The fourth-order valence-corrected chi connectivity index (χ4v) is 4.17. The molecule has 58 heavy (non-hydrogen) atoms. The largest absolute Gasteiger partial charge is 0.469 e. The van der Waals surface area contributed by atoms with Gasteiger partial charge in [-0.2, -0.15) is 0 Å². The predicted molar refractivity (Wildman–Crippen MR) is 215 cm³/mol. The van der Waals surface area contributed by atoms with Crippen molar-refractivity contribution in [3.8, 4) is 0 Å². The standard InChI is InChI=1S/C11H14ClNO2.C11H14N4O2.C11H15NO3.2CH4.H4N4.HN3.N2/c1-8(11(14)15-2)5-9-3-4-10(6-12)13-7-9;1-8(11(16)17-2)5-9-3-4-10(13-6-9)7-14-15-12;1-8(11(14)15-2)5-9-3-4-10(7-13)12-6-9;;;1-3-4-2;1-3-2;1-2/h3-4,7-8H,5-6H2,1-2H3;3-4,6,8H,5,7H2,1-2H3;3-4,6,8,13H,5,7H2,1-2H3;2*1H4;(H2,1,4)(H2,2,3);1H;/t3*8-;;;;;/m000...../s1. The van der Waals surface area contributed by atoms with Gasteiger partial charge in [0.2, 0.25) is 0 Å². The number of hydrogen-bond acceptors (Lipinski definition) is 16. The third-order valence-corrected chi connectivity index (χ3v) is 7.03. The highest BCUT2D eigenvalue weighted by Gasteiger charge is 2.15. The molecule has 3 atom stereocenters. The van der Waals surface area contributed by atoms with Gasteiger partial charge in [-0.1, -0.05) is 69.4 Å². The zero-order chi connectivity index (χ0) is 43.3. The Morgan fingerprint density at radius 3 is 1.28 bits per heavy atom. The van der Waals surface area contributed by atoms with Crippen molar-refractivity contribution in [1.82, 2.24) is 15.0 Å². The van der Waals surface area contributed by atoms with Gasteiger partial charge < -0.3 is 31.0 Å². The van der Waals surface area contributed by atoms with Gasteiger partial charge in [-0.3, -0.25) is 29.3 Å². The summed E-state index contributed by atoms with van der Waals surface area (Å²) in [5, 5.41) is 29.5. The molecule has 0 aliphatic heterocycles. The molecule has 0 aliphatic rings. The van der Waals surface area contributed by atoms with E-state index >= 15 is 0 Å². The van der Waals surface area contributed by atoms with Gasteiger partial charge in [-0.15, -0.1) is 17.1 Å². The number of azide groups is 1. The number of alkyl halides is 1.